The van der Waals surface area contributed by atoms with Crippen molar-refractivity contribution in [3.63, 3.8) is 0 Å². The summed E-state index contributed by atoms with van der Waals surface area (Å²) >= 11 is 0. The number of imidazole rings is 2. The molecule has 10 rings (SSSR count). The SMILES string of the molecule is C.Cc1ccc2c(c1)c1ccc[c-]c1c1ncc(-c3c(C(C)C)cc(C(C)C)cc3C(C)C)n21.Cc1ccc2c(c1)c1ccccc1c1ncc(-c3c(C(C)C)cc(C(C)C)cc3C(C)C)n21.[Ir]. The van der Waals surface area contributed by atoms with Crippen LogP contribution in [0.1, 0.15) is 171 Å². The van der Waals surface area contributed by atoms with Crippen LogP contribution in [0.5, 0.6) is 0 Å². The van der Waals surface area contributed by atoms with Gasteiger partial charge in [-0.25, -0.2) is 4.98 Å². The first kappa shape index (κ1) is 50.3. The van der Waals surface area contributed by atoms with Crippen molar-refractivity contribution in [2.24, 2.45) is 0 Å². The second kappa shape index (κ2) is 19.8. The summed E-state index contributed by atoms with van der Waals surface area (Å²) in [5.74, 6) is 2.69. The van der Waals surface area contributed by atoms with Crippen LogP contribution in [0.25, 0.3) is 77.2 Å². The first-order valence-electron chi connectivity index (χ1n) is 24.4. The third-order valence-corrected chi connectivity index (χ3v) is 13.9. The zero-order valence-electron chi connectivity index (χ0n) is 42.1. The molecular formula is C63H71IrN4-. The fourth-order valence-electron chi connectivity index (χ4n) is 10.3. The van der Waals surface area contributed by atoms with Crippen LogP contribution in [0.4, 0.5) is 0 Å². The average Bonchev–Trinajstić information content (AvgIpc) is 3.94. The zero-order valence-corrected chi connectivity index (χ0v) is 44.5. The van der Waals surface area contributed by atoms with Crippen molar-refractivity contribution in [3.05, 3.63) is 166 Å². The van der Waals surface area contributed by atoms with E-state index < -0.39 is 0 Å². The second-order valence-corrected chi connectivity index (χ2v) is 20.7. The van der Waals surface area contributed by atoms with Gasteiger partial charge in [-0.3, -0.25) is 9.38 Å². The van der Waals surface area contributed by atoms with Gasteiger partial charge in [0.15, 0.2) is 0 Å². The molecule has 0 atom stereocenters. The number of fused-ring (bicyclic) bond motifs is 12. The van der Waals surface area contributed by atoms with E-state index in [1.807, 2.05) is 6.07 Å². The summed E-state index contributed by atoms with van der Waals surface area (Å²) in [6.45, 7) is 32.0. The summed E-state index contributed by atoms with van der Waals surface area (Å²) in [7, 11) is 0. The molecule has 0 aliphatic heterocycles. The average molecular weight is 1080 g/mol. The second-order valence-electron chi connectivity index (χ2n) is 20.7. The van der Waals surface area contributed by atoms with Gasteiger partial charge in [-0.15, -0.1) is 29.7 Å². The number of aromatic nitrogens is 4. The third kappa shape index (κ3) is 8.71. The van der Waals surface area contributed by atoms with Crippen LogP contribution in [0.15, 0.2) is 116 Å². The number of hydrogen-bond donors (Lipinski definition) is 0. The predicted octanol–water partition coefficient (Wildman–Crippen LogP) is 18.4. The summed E-state index contributed by atoms with van der Waals surface area (Å²) in [5.41, 5.74) is 20.5. The topological polar surface area (TPSA) is 34.6 Å². The van der Waals surface area contributed by atoms with Crippen molar-refractivity contribution in [3.8, 4) is 22.5 Å². The third-order valence-electron chi connectivity index (χ3n) is 13.9. The van der Waals surface area contributed by atoms with Gasteiger partial charge in [0.2, 0.25) is 0 Å². The van der Waals surface area contributed by atoms with Crippen molar-refractivity contribution in [1.29, 1.82) is 0 Å². The van der Waals surface area contributed by atoms with E-state index in [1.54, 1.807) is 0 Å². The Morgan fingerprint density at radius 1 is 0.426 bits per heavy atom. The Kier molecular flexibility index (Phi) is 14.6. The van der Waals surface area contributed by atoms with Crippen molar-refractivity contribution in [1.82, 2.24) is 18.8 Å². The van der Waals surface area contributed by atoms with Crippen molar-refractivity contribution in [2.75, 3.05) is 0 Å². The molecule has 68 heavy (non-hydrogen) atoms. The van der Waals surface area contributed by atoms with Gasteiger partial charge in [0.25, 0.3) is 0 Å². The van der Waals surface area contributed by atoms with Crippen molar-refractivity contribution in [2.45, 2.75) is 140 Å². The first-order valence-corrected chi connectivity index (χ1v) is 24.4. The summed E-state index contributed by atoms with van der Waals surface area (Å²) in [5, 5.41) is 7.31. The van der Waals surface area contributed by atoms with Gasteiger partial charge in [0.1, 0.15) is 5.65 Å². The van der Waals surface area contributed by atoms with E-state index in [4.69, 9.17) is 9.97 Å². The van der Waals surface area contributed by atoms with Crippen molar-refractivity contribution < 1.29 is 20.1 Å². The van der Waals surface area contributed by atoms with Gasteiger partial charge in [0.05, 0.1) is 28.7 Å². The zero-order chi connectivity index (χ0) is 46.9. The molecule has 353 valence electrons. The molecule has 0 saturated heterocycles. The van der Waals surface area contributed by atoms with Gasteiger partial charge >= 0.3 is 0 Å². The van der Waals surface area contributed by atoms with Crippen LogP contribution in [0, 0.1) is 19.9 Å². The van der Waals surface area contributed by atoms with Gasteiger partial charge in [-0.1, -0.05) is 174 Å². The monoisotopic (exact) mass is 1080 g/mol. The molecule has 0 fully saturated rings. The van der Waals surface area contributed by atoms with Crippen LogP contribution < -0.4 is 0 Å². The largest absolute Gasteiger partial charge is 0.333 e. The standard InChI is InChI=1S/C31H34N2.C31H33N2.CH4.Ir/c2*1-18(2)22-15-25(19(3)4)30(26(16-22)20(5)6)29-17-32-31-24-11-9-8-10-23(24)27-14-21(7)12-13-28(27)33(29)31;;/h8-20H,1-7H3;8-10,12-20H,1-7H3;1H4;/q;-1;;. The number of pyridine rings is 2. The maximum absolute atomic E-state index is 5.02. The number of benzene rings is 6. The molecule has 4 nitrogen and oxygen atoms in total. The van der Waals surface area contributed by atoms with Gasteiger partial charge in [-0.2, -0.15) is 0 Å². The quantitative estimate of drug-likeness (QED) is 0.112. The minimum atomic E-state index is 0. The molecule has 0 aliphatic rings. The molecule has 1 radical (unpaired) electrons. The molecule has 0 bridgehead atoms. The van der Waals surface area contributed by atoms with Crippen LogP contribution in [-0.2, 0) is 20.1 Å². The molecule has 0 saturated carbocycles. The Morgan fingerprint density at radius 2 is 0.824 bits per heavy atom. The van der Waals surface area contributed by atoms with E-state index >= 15 is 0 Å². The molecule has 5 heteroatoms. The fourth-order valence-corrected chi connectivity index (χ4v) is 10.3. The normalized spacial score (nSPS) is 11.9. The number of aryl methyl sites for hydroxylation is 2. The Balaban J connectivity index is 0.000000196. The smallest absolute Gasteiger partial charge is 0.145 e. The molecule has 0 N–H and O–H groups in total. The van der Waals surface area contributed by atoms with Gasteiger partial charge in [0, 0.05) is 53.7 Å². The predicted molar refractivity (Wildman–Crippen MR) is 291 cm³/mol. The van der Waals surface area contributed by atoms with Crippen LogP contribution >= 0.6 is 0 Å². The first-order chi connectivity index (χ1) is 31.5. The number of nitrogens with zero attached hydrogens (tertiary/aromatic N) is 4. The van der Waals surface area contributed by atoms with Crippen LogP contribution in [-0.4, -0.2) is 18.8 Å². The molecule has 4 heterocycles. The summed E-state index contributed by atoms with van der Waals surface area (Å²) in [4.78, 5) is 10.0. The summed E-state index contributed by atoms with van der Waals surface area (Å²) in [6.07, 6.45) is 4.18. The van der Waals surface area contributed by atoms with Crippen molar-refractivity contribution >= 4 is 54.6 Å². The Morgan fingerprint density at radius 3 is 1.26 bits per heavy atom. The van der Waals surface area contributed by atoms with E-state index in [0.717, 1.165) is 16.7 Å². The fraction of sp³-hybridized carbons (Fsp3) is 0.333. The van der Waals surface area contributed by atoms with E-state index in [1.165, 1.54) is 105 Å². The number of rotatable bonds is 8. The maximum atomic E-state index is 5.02. The molecule has 0 spiro atoms. The maximum Gasteiger partial charge on any atom is 0.145 e. The Hall–Kier alpha value is -5.61. The van der Waals surface area contributed by atoms with Gasteiger partial charge in [-0.05, 0) is 112 Å². The molecule has 0 aliphatic carbocycles. The molecule has 4 aromatic heterocycles. The molecule has 6 aromatic carbocycles. The van der Waals surface area contributed by atoms with Crippen LogP contribution in [0.3, 0.4) is 0 Å². The van der Waals surface area contributed by atoms with Crippen LogP contribution in [0.2, 0.25) is 0 Å². The Bertz CT molecular complexity index is 3180. The molecular weight excluding hydrogens is 1000 g/mol. The molecule has 0 amide bonds. The van der Waals surface area contributed by atoms with E-state index in [9.17, 15) is 0 Å². The van der Waals surface area contributed by atoms with E-state index in [-0.39, 0.29) is 27.5 Å². The summed E-state index contributed by atoms with van der Waals surface area (Å²) < 4.78 is 4.77. The summed E-state index contributed by atoms with van der Waals surface area (Å²) in [6, 6.07) is 41.7. The Labute approximate surface area is 419 Å². The van der Waals surface area contributed by atoms with Gasteiger partial charge < -0.3 is 4.40 Å². The van der Waals surface area contributed by atoms with E-state index in [2.05, 4.69) is 221 Å². The molecule has 0 unspecified atom stereocenters. The number of hydrogen-bond acceptors (Lipinski definition) is 2. The van der Waals surface area contributed by atoms with E-state index in [0.29, 0.717) is 35.5 Å². The molecule has 10 aromatic rings. The minimum Gasteiger partial charge on any atom is -0.333 e. The minimum absolute atomic E-state index is 0.